The van der Waals surface area contributed by atoms with Crippen molar-refractivity contribution in [3.8, 4) is 6.19 Å². The molecule has 2 aromatic rings. The van der Waals surface area contributed by atoms with Gasteiger partial charge in [-0.3, -0.25) is 15.4 Å². The second kappa shape index (κ2) is 8.17. The van der Waals surface area contributed by atoms with E-state index in [0.29, 0.717) is 15.9 Å². The molecule has 0 aliphatic carbocycles. The molecule has 0 aliphatic heterocycles. The van der Waals surface area contributed by atoms with Crippen molar-refractivity contribution in [1.29, 1.82) is 5.26 Å². The molecule has 0 saturated carbocycles. The maximum atomic E-state index is 11.0. The lowest BCUT2D eigenvalue weighted by Crippen LogP contribution is -2.12. The fourth-order valence-electron chi connectivity index (χ4n) is 1.62. The summed E-state index contributed by atoms with van der Waals surface area (Å²) < 4.78 is 0. The van der Waals surface area contributed by atoms with E-state index in [2.05, 4.69) is 15.3 Å². The molecule has 116 valence electrons. The summed E-state index contributed by atoms with van der Waals surface area (Å²) in [6.07, 6.45) is 5.14. The van der Waals surface area contributed by atoms with Crippen molar-refractivity contribution in [2.24, 2.45) is 4.99 Å². The number of aliphatic imine (C=N–C) groups is 1. The van der Waals surface area contributed by atoms with E-state index in [1.54, 1.807) is 24.5 Å². The summed E-state index contributed by atoms with van der Waals surface area (Å²) in [4.78, 5) is 19.7. The molecule has 0 saturated heterocycles. The van der Waals surface area contributed by atoms with Crippen molar-refractivity contribution >= 4 is 40.1 Å². The van der Waals surface area contributed by atoms with Crippen LogP contribution in [0.4, 0.5) is 11.4 Å². The van der Waals surface area contributed by atoms with E-state index in [-0.39, 0.29) is 5.69 Å². The average molecular weight is 345 g/mol. The van der Waals surface area contributed by atoms with Gasteiger partial charge in [-0.2, -0.15) is 5.26 Å². The molecule has 0 bridgehead atoms. The van der Waals surface area contributed by atoms with Gasteiger partial charge in [0.1, 0.15) is 0 Å². The minimum Gasteiger partial charge on any atom is -0.271 e. The van der Waals surface area contributed by atoms with E-state index in [1.165, 1.54) is 41.9 Å². The number of hydrogen-bond donors (Lipinski definition) is 1. The van der Waals surface area contributed by atoms with Crippen molar-refractivity contribution in [2.75, 3.05) is 6.26 Å². The van der Waals surface area contributed by atoms with Crippen LogP contribution in [0.5, 0.6) is 0 Å². The Labute approximate surface area is 141 Å². The summed E-state index contributed by atoms with van der Waals surface area (Å²) in [5, 5.41) is 22.9. The molecule has 0 aliphatic rings. The van der Waals surface area contributed by atoms with Crippen molar-refractivity contribution in [2.45, 2.75) is 9.92 Å². The van der Waals surface area contributed by atoms with Gasteiger partial charge in [-0.15, -0.1) is 0 Å². The van der Waals surface area contributed by atoms with Crippen molar-refractivity contribution in [3.05, 3.63) is 52.7 Å². The quantitative estimate of drug-likeness (QED) is 0.225. The predicted molar refractivity (Wildman–Crippen MR) is 90.8 cm³/mol. The maximum Gasteiger partial charge on any atom is 0.301 e. The Morgan fingerprint density at radius 2 is 2.26 bits per heavy atom. The van der Waals surface area contributed by atoms with Crippen LogP contribution < -0.4 is 5.32 Å². The molecule has 9 heteroatoms. The van der Waals surface area contributed by atoms with E-state index in [1.807, 2.05) is 12.3 Å². The van der Waals surface area contributed by atoms with Gasteiger partial charge >= 0.3 is 5.69 Å². The molecule has 1 aromatic heterocycles. The lowest BCUT2D eigenvalue weighted by molar-refractivity contribution is -0.388. The second-order valence-corrected chi connectivity index (χ2v) is 5.90. The molecule has 0 amide bonds. The van der Waals surface area contributed by atoms with Gasteiger partial charge in [0, 0.05) is 17.2 Å². The number of pyridine rings is 1. The average Bonchev–Trinajstić information content (AvgIpc) is 2.55. The van der Waals surface area contributed by atoms with Crippen LogP contribution in [0.3, 0.4) is 0 Å². The smallest absolute Gasteiger partial charge is 0.271 e. The molecule has 0 fully saturated rings. The largest absolute Gasteiger partial charge is 0.301 e. The zero-order valence-electron chi connectivity index (χ0n) is 12.0. The van der Waals surface area contributed by atoms with Crippen LogP contribution in [0.25, 0.3) is 0 Å². The first-order valence-corrected chi connectivity index (χ1v) is 8.33. The SMILES string of the molecule is CSC(=Nc1cccc(Sc2ncccc2[N+](=O)[O-])c1)NC#N. The standard InChI is InChI=1S/C14H11N5O2S2/c1-22-14(17-9-15)18-10-4-2-5-11(8-10)23-13-12(19(20)21)6-3-7-16-13/h2-8H,1H3,(H,17,18). The third kappa shape index (κ3) is 4.70. The topological polar surface area (TPSA) is 104 Å². The lowest BCUT2D eigenvalue weighted by atomic mass is 10.3. The molecular formula is C14H11N5O2S2. The minimum absolute atomic E-state index is 0.0395. The van der Waals surface area contributed by atoms with Crippen molar-refractivity contribution in [3.63, 3.8) is 0 Å². The summed E-state index contributed by atoms with van der Waals surface area (Å²) in [6.45, 7) is 0. The summed E-state index contributed by atoms with van der Waals surface area (Å²) in [7, 11) is 0. The second-order valence-electron chi connectivity index (χ2n) is 4.04. The molecule has 2 rings (SSSR count). The first-order chi connectivity index (χ1) is 11.1. The molecule has 0 atom stereocenters. The monoisotopic (exact) mass is 345 g/mol. The molecule has 7 nitrogen and oxygen atoms in total. The summed E-state index contributed by atoms with van der Waals surface area (Å²) >= 11 is 2.50. The Balaban J connectivity index is 2.28. The van der Waals surface area contributed by atoms with Crippen LogP contribution in [-0.2, 0) is 0 Å². The van der Waals surface area contributed by atoms with E-state index in [9.17, 15) is 10.1 Å². The number of thioether (sulfide) groups is 1. The molecule has 0 radical (unpaired) electrons. The number of rotatable bonds is 4. The van der Waals surface area contributed by atoms with E-state index in [0.717, 1.165) is 4.90 Å². The highest BCUT2D eigenvalue weighted by Gasteiger charge is 2.15. The van der Waals surface area contributed by atoms with Gasteiger partial charge in [-0.25, -0.2) is 9.98 Å². The molecule has 23 heavy (non-hydrogen) atoms. The zero-order valence-corrected chi connectivity index (χ0v) is 13.6. The third-order valence-electron chi connectivity index (χ3n) is 2.57. The van der Waals surface area contributed by atoms with Gasteiger partial charge in [-0.1, -0.05) is 29.6 Å². The number of hydrogen-bond acceptors (Lipinski definition) is 7. The molecule has 0 unspecified atom stereocenters. The molecule has 1 heterocycles. The fourth-order valence-corrected chi connectivity index (χ4v) is 2.87. The number of amidine groups is 1. The van der Waals surface area contributed by atoms with Gasteiger partial charge in [0.2, 0.25) is 0 Å². The van der Waals surface area contributed by atoms with Crippen LogP contribution in [0.2, 0.25) is 0 Å². The van der Waals surface area contributed by atoms with Crippen LogP contribution in [-0.4, -0.2) is 21.3 Å². The number of nitrogens with zero attached hydrogens (tertiary/aromatic N) is 4. The van der Waals surface area contributed by atoms with Crippen LogP contribution in [0.15, 0.2) is 57.5 Å². The van der Waals surface area contributed by atoms with Crippen LogP contribution >= 0.6 is 23.5 Å². The summed E-state index contributed by atoms with van der Waals surface area (Å²) in [5.41, 5.74) is 0.600. The summed E-state index contributed by atoms with van der Waals surface area (Å²) in [6, 6.07) is 10.1. The molecule has 0 spiro atoms. The lowest BCUT2D eigenvalue weighted by Gasteiger charge is -2.04. The number of nitriles is 1. The Kier molecular flexibility index (Phi) is 5.96. The van der Waals surface area contributed by atoms with E-state index in [4.69, 9.17) is 5.26 Å². The van der Waals surface area contributed by atoms with Crippen molar-refractivity contribution < 1.29 is 4.92 Å². The highest BCUT2D eigenvalue weighted by Crippen LogP contribution is 2.34. The molecule has 1 aromatic carbocycles. The zero-order chi connectivity index (χ0) is 16.7. The Hall–Kier alpha value is -2.57. The first-order valence-electron chi connectivity index (χ1n) is 6.29. The summed E-state index contributed by atoms with van der Waals surface area (Å²) in [5.74, 6) is 0. The first kappa shape index (κ1) is 16.8. The number of aromatic nitrogens is 1. The van der Waals surface area contributed by atoms with Gasteiger partial charge in [0.15, 0.2) is 16.4 Å². The highest BCUT2D eigenvalue weighted by molar-refractivity contribution is 8.13. The predicted octanol–water partition coefficient (Wildman–Crippen LogP) is 3.56. The van der Waals surface area contributed by atoms with Crippen LogP contribution in [0.1, 0.15) is 0 Å². The number of benzene rings is 1. The number of nitrogens with one attached hydrogen (secondary N) is 1. The van der Waals surface area contributed by atoms with Gasteiger partial charge in [0.05, 0.1) is 10.6 Å². The Morgan fingerprint density at radius 3 is 2.96 bits per heavy atom. The van der Waals surface area contributed by atoms with Gasteiger partial charge in [-0.05, 0) is 30.5 Å². The molecular weight excluding hydrogens is 334 g/mol. The van der Waals surface area contributed by atoms with E-state index >= 15 is 0 Å². The Morgan fingerprint density at radius 1 is 1.43 bits per heavy atom. The van der Waals surface area contributed by atoms with Crippen molar-refractivity contribution in [1.82, 2.24) is 10.3 Å². The van der Waals surface area contributed by atoms with Gasteiger partial charge < -0.3 is 0 Å². The van der Waals surface area contributed by atoms with E-state index < -0.39 is 4.92 Å². The number of nitro groups is 1. The van der Waals surface area contributed by atoms with Gasteiger partial charge in [0.25, 0.3) is 0 Å². The third-order valence-corrected chi connectivity index (χ3v) is 4.14. The highest BCUT2D eigenvalue weighted by atomic mass is 32.2. The fraction of sp³-hybridized carbons (Fsp3) is 0.0714. The normalized spacial score (nSPS) is 10.9. The minimum atomic E-state index is -0.458. The molecule has 1 N–H and O–H groups in total. The van der Waals surface area contributed by atoms with Crippen LogP contribution in [0, 0.1) is 21.6 Å². The Bertz CT molecular complexity index is 789. The maximum absolute atomic E-state index is 11.0.